The van der Waals surface area contributed by atoms with Crippen molar-refractivity contribution < 1.29 is 9.47 Å². The molecule has 0 spiro atoms. The quantitative estimate of drug-likeness (QED) is 0.209. The Bertz CT molecular complexity index is 1550. The van der Waals surface area contributed by atoms with Crippen molar-refractivity contribution in [2.45, 2.75) is 53.1 Å². The van der Waals surface area contributed by atoms with Crippen molar-refractivity contribution in [3.8, 4) is 22.9 Å². The van der Waals surface area contributed by atoms with E-state index >= 15 is 0 Å². The summed E-state index contributed by atoms with van der Waals surface area (Å²) in [6, 6.07) is 14.7. The number of fused-ring (bicyclic) bond motifs is 1. The van der Waals surface area contributed by atoms with Gasteiger partial charge in [-0.25, -0.2) is 4.98 Å². The molecule has 3 aromatic carbocycles. The molecule has 0 saturated heterocycles. The van der Waals surface area contributed by atoms with Crippen molar-refractivity contribution in [2.24, 2.45) is 5.10 Å². The summed E-state index contributed by atoms with van der Waals surface area (Å²) in [6.07, 6.45) is 2.34. The highest BCUT2D eigenvalue weighted by molar-refractivity contribution is 6.37. The normalized spacial score (nSPS) is 12.4. The Morgan fingerprint density at radius 3 is 2.39 bits per heavy atom. The van der Waals surface area contributed by atoms with Crippen molar-refractivity contribution in [3.63, 3.8) is 0 Å². The molecule has 38 heavy (non-hydrogen) atoms. The molecule has 0 radical (unpaired) electrons. The van der Waals surface area contributed by atoms with Crippen LogP contribution in [0.4, 0.5) is 0 Å². The molecule has 0 N–H and O–H groups in total. The lowest BCUT2D eigenvalue weighted by Gasteiger charge is -2.17. The Kier molecular flexibility index (Phi) is 8.44. The summed E-state index contributed by atoms with van der Waals surface area (Å²) in [4.78, 5) is 18.5. The molecule has 1 aromatic heterocycles. The molecule has 0 amide bonds. The number of hydrogen-bond donors (Lipinski definition) is 0. The molecule has 0 saturated carbocycles. The standard InChI is InChI=1S/C30H31Cl2N3O3/c1-7-19(5)38-28-24(31)13-20(14-25(28)32)16-33-35-29(34-26-11-9-8-10-21(26)30(35)36)23-15-22(17(2)3)27(37-6)12-18(23)4/h8-17,19H,7H2,1-6H3/t19-/m1/s1. The van der Waals surface area contributed by atoms with Gasteiger partial charge in [0.1, 0.15) is 5.75 Å². The van der Waals surface area contributed by atoms with Crippen LogP contribution in [0.5, 0.6) is 11.5 Å². The van der Waals surface area contributed by atoms with E-state index in [1.165, 1.54) is 4.68 Å². The van der Waals surface area contributed by atoms with Gasteiger partial charge in [0.25, 0.3) is 5.56 Å². The third-order valence-electron chi connectivity index (χ3n) is 6.43. The molecular formula is C30H31Cl2N3O3. The number of rotatable bonds is 8. The summed E-state index contributed by atoms with van der Waals surface area (Å²) < 4.78 is 12.8. The largest absolute Gasteiger partial charge is 0.496 e. The smallest absolute Gasteiger partial charge is 0.282 e. The number of ether oxygens (including phenoxy) is 2. The van der Waals surface area contributed by atoms with Crippen LogP contribution in [0.15, 0.2) is 58.4 Å². The van der Waals surface area contributed by atoms with E-state index in [2.05, 4.69) is 18.9 Å². The second kappa shape index (κ2) is 11.6. The lowest BCUT2D eigenvalue weighted by molar-refractivity contribution is 0.218. The molecule has 0 bridgehead atoms. The number of benzene rings is 3. The molecule has 8 heteroatoms. The third kappa shape index (κ3) is 5.57. The molecule has 4 aromatic rings. The van der Waals surface area contributed by atoms with E-state index in [4.69, 9.17) is 37.7 Å². The van der Waals surface area contributed by atoms with Crippen LogP contribution in [0.25, 0.3) is 22.3 Å². The van der Waals surface area contributed by atoms with Crippen LogP contribution in [-0.2, 0) is 0 Å². The van der Waals surface area contributed by atoms with E-state index < -0.39 is 0 Å². The minimum atomic E-state index is -0.280. The van der Waals surface area contributed by atoms with Crippen molar-refractivity contribution in [1.82, 2.24) is 9.66 Å². The van der Waals surface area contributed by atoms with Gasteiger partial charge in [0.05, 0.1) is 40.4 Å². The summed E-state index contributed by atoms with van der Waals surface area (Å²) in [5.41, 5.74) is 3.66. The molecule has 0 fully saturated rings. The van der Waals surface area contributed by atoms with Gasteiger partial charge in [-0.2, -0.15) is 9.78 Å². The predicted octanol–water partition coefficient (Wildman–Crippen LogP) is 7.87. The molecule has 1 heterocycles. The summed E-state index contributed by atoms with van der Waals surface area (Å²) in [5, 5.41) is 5.79. The van der Waals surface area contributed by atoms with E-state index in [0.29, 0.717) is 38.1 Å². The van der Waals surface area contributed by atoms with Gasteiger partial charge in [0, 0.05) is 5.56 Å². The molecule has 0 aliphatic heterocycles. The van der Waals surface area contributed by atoms with Gasteiger partial charge < -0.3 is 9.47 Å². The Morgan fingerprint density at radius 2 is 1.76 bits per heavy atom. The van der Waals surface area contributed by atoms with Crippen molar-refractivity contribution in [1.29, 1.82) is 0 Å². The number of para-hydroxylation sites is 1. The van der Waals surface area contributed by atoms with Gasteiger partial charge >= 0.3 is 0 Å². The monoisotopic (exact) mass is 551 g/mol. The minimum Gasteiger partial charge on any atom is -0.496 e. The highest BCUT2D eigenvalue weighted by Crippen LogP contribution is 2.36. The first-order valence-electron chi connectivity index (χ1n) is 12.5. The van der Waals surface area contributed by atoms with E-state index in [1.54, 1.807) is 31.5 Å². The maximum absolute atomic E-state index is 13.7. The fourth-order valence-corrected chi connectivity index (χ4v) is 4.74. The Balaban J connectivity index is 1.90. The molecule has 0 unspecified atom stereocenters. The molecule has 0 aliphatic carbocycles. The first kappa shape index (κ1) is 27.7. The van der Waals surface area contributed by atoms with Gasteiger partial charge in [-0.15, -0.1) is 0 Å². The van der Waals surface area contributed by atoms with Crippen LogP contribution < -0.4 is 15.0 Å². The first-order valence-corrected chi connectivity index (χ1v) is 13.3. The summed E-state index contributed by atoms with van der Waals surface area (Å²) in [5.74, 6) is 1.86. The molecular weight excluding hydrogens is 521 g/mol. The maximum Gasteiger partial charge on any atom is 0.282 e. The average molecular weight is 553 g/mol. The Morgan fingerprint density at radius 1 is 1.08 bits per heavy atom. The number of aromatic nitrogens is 2. The fourth-order valence-electron chi connectivity index (χ4n) is 4.15. The Hall–Kier alpha value is -3.35. The van der Waals surface area contributed by atoms with Crippen LogP contribution in [0.1, 0.15) is 56.7 Å². The number of halogens is 2. The van der Waals surface area contributed by atoms with E-state index in [-0.39, 0.29) is 17.6 Å². The number of hydrogen-bond acceptors (Lipinski definition) is 5. The lowest BCUT2D eigenvalue weighted by atomic mass is 9.96. The molecule has 1 atom stereocenters. The molecule has 4 rings (SSSR count). The van der Waals surface area contributed by atoms with Crippen LogP contribution >= 0.6 is 23.2 Å². The summed E-state index contributed by atoms with van der Waals surface area (Å²) in [6.45, 7) is 10.1. The van der Waals surface area contributed by atoms with Gasteiger partial charge in [-0.05, 0) is 79.3 Å². The Labute approximate surface area is 232 Å². The van der Waals surface area contributed by atoms with E-state index in [1.807, 2.05) is 51.1 Å². The topological polar surface area (TPSA) is 65.7 Å². The number of aryl methyl sites for hydroxylation is 1. The minimum absolute atomic E-state index is 0.0298. The lowest BCUT2D eigenvalue weighted by Crippen LogP contribution is -2.20. The first-order chi connectivity index (χ1) is 18.1. The predicted molar refractivity (Wildman–Crippen MR) is 157 cm³/mol. The third-order valence-corrected chi connectivity index (χ3v) is 6.99. The van der Waals surface area contributed by atoms with Crippen LogP contribution in [0.3, 0.4) is 0 Å². The second-order valence-electron chi connectivity index (χ2n) is 9.53. The van der Waals surface area contributed by atoms with Crippen molar-refractivity contribution >= 4 is 40.3 Å². The SMILES string of the molecule is CC[C@@H](C)Oc1c(Cl)cc(C=Nn2c(-c3cc(C(C)C)c(OC)cc3C)nc3ccccc3c2=O)cc1Cl. The van der Waals surface area contributed by atoms with Crippen molar-refractivity contribution in [2.75, 3.05) is 7.11 Å². The molecule has 6 nitrogen and oxygen atoms in total. The van der Waals surface area contributed by atoms with E-state index in [9.17, 15) is 4.79 Å². The zero-order valence-corrected chi connectivity index (χ0v) is 23.9. The van der Waals surface area contributed by atoms with Crippen LogP contribution in [-0.4, -0.2) is 29.1 Å². The molecule has 198 valence electrons. The zero-order chi connectivity index (χ0) is 27.6. The molecule has 0 aliphatic rings. The van der Waals surface area contributed by atoms with Crippen molar-refractivity contribution in [3.05, 3.63) is 85.6 Å². The van der Waals surface area contributed by atoms with Gasteiger partial charge in [-0.3, -0.25) is 4.79 Å². The average Bonchev–Trinajstić information content (AvgIpc) is 2.89. The summed E-state index contributed by atoms with van der Waals surface area (Å²) in [7, 11) is 1.66. The number of nitrogens with zero attached hydrogens (tertiary/aromatic N) is 3. The second-order valence-corrected chi connectivity index (χ2v) is 10.3. The maximum atomic E-state index is 13.7. The van der Waals surface area contributed by atoms with Gasteiger partial charge in [-0.1, -0.05) is 56.1 Å². The van der Waals surface area contributed by atoms with Crippen LogP contribution in [0.2, 0.25) is 10.0 Å². The zero-order valence-electron chi connectivity index (χ0n) is 22.4. The van der Waals surface area contributed by atoms with Gasteiger partial charge in [0.2, 0.25) is 0 Å². The fraction of sp³-hybridized carbons (Fsp3) is 0.300. The van der Waals surface area contributed by atoms with Crippen LogP contribution in [0, 0.1) is 6.92 Å². The number of methoxy groups -OCH3 is 1. The highest BCUT2D eigenvalue weighted by Gasteiger charge is 2.19. The summed E-state index contributed by atoms with van der Waals surface area (Å²) >= 11 is 13.0. The van der Waals surface area contributed by atoms with E-state index in [0.717, 1.165) is 28.9 Å². The van der Waals surface area contributed by atoms with Gasteiger partial charge in [0.15, 0.2) is 11.6 Å². The highest BCUT2D eigenvalue weighted by atomic mass is 35.5.